The highest BCUT2D eigenvalue weighted by Gasteiger charge is 2.24. The van der Waals surface area contributed by atoms with Crippen LogP contribution in [0.3, 0.4) is 0 Å². The van der Waals surface area contributed by atoms with Gasteiger partial charge < -0.3 is 10.1 Å². The molecule has 8 heteroatoms. The summed E-state index contributed by atoms with van der Waals surface area (Å²) in [6.07, 6.45) is 0. The molecule has 0 saturated carbocycles. The Morgan fingerprint density at radius 1 is 1.28 bits per heavy atom. The van der Waals surface area contributed by atoms with Crippen LogP contribution in [-0.4, -0.2) is 53.4 Å². The monoisotopic (exact) mass is 414 g/mol. The van der Waals surface area contributed by atoms with Gasteiger partial charge in [0.15, 0.2) is 0 Å². The van der Waals surface area contributed by atoms with E-state index in [1.165, 1.54) is 17.7 Å². The molecule has 29 heavy (non-hydrogen) atoms. The van der Waals surface area contributed by atoms with E-state index in [1.54, 1.807) is 41.3 Å². The van der Waals surface area contributed by atoms with Gasteiger partial charge >= 0.3 is 0 Å². The Morgan fingerprint density at radius 2 is 2.03 bits per heavy atom. The van der Waals surface area contributed by atoms with Crippen LogP contribution >= 0.6 is 11.3 Å². The van der Waals surface area contributed by atoms with E-state index in [-0.39, 0.29) is 17.8 Å². The minimum absolute atomic E-state index is 0.110. The predicted octanol–water partition coefficient (Wildman–Crippen LogP) is 3.09. The van der Waals surface area contributed by atoms with E-state index in [0.29, 0.717) is 31.1 Å². The van der Waals surface area contributed by atoms with Crippen molar-refractivity contribution >= 4 is 17.2 Å². The molecule has 1 aliphatic rings. The summed E-state index contributed by atoms with van der Waals surface area (Å²) in [7, 11) is 1.74. The molecular weight excluding hydrogens is 391 g/mol. The number of ether oxygens (including phenoxy) is 1. The van der Waals surface area contributed by atoms with Gasteiger partial charge in [-0.05, 0) is 52.7 Å². The van der Waals surface area contributed by atoms with Gasteiger partial charge in [-0.2, -0.15) is 16.4 Å². The largest absolute Gasteiger partial charge is 0.379 e. The molecule has 3 heterocycles. The van der Waals surface area contributed by atoms with Gasteiger partial charge in [-0.25, -0.2) is 4.39 Å². The number of nitrogens with one attached hydrogen (secondary N) is 1. The average Bonchev–Trinajstić information content (AvgIpc) is 3.40. The van der Waals surface area contributed by atoms with Gasteiger partial charge in [0.05, 0.1) is 24.9 Å². The summed E-state index contributed by atoms with van der Waals surface area (Å²) in [6.45, 7) is 3.61. The molecular formula is C21H23FN4O2S. The summed E-state index contributed by atoms with van der Waals surface area (Å²) in [4.78, 5) is 15.2. The van der Waals surface area contributed by atoms with Gasteiger partial charge in [-0.15, -0.1) is 0 Å². The predicted molar refractivity (Wildman–Crippen MR) is 110 cm³/mol. The topological polar surface area (TPSA) is 59.4 Å². The smallest absolute Gasteiger partial charge is 0.269 e. The summed E-state index contributed by atoms with van der Waals surface area (Å²) in [6, 6.07) is 10.0. The van der Waals surface area contributed by atoms with E-state index < -0.39 is 0 Å². The third-order valence-corrected chi connectivity index (χ3v) is 5.82. The zero-order valence-electron chi connectivity index (χ0n) is 16.2. The van der Waals surface area contributed by atoms with Crippen molar-refractivity contribution in [2.45, 2.75) is 6.04 Å². The summed E-state index contributed by atoms with van der Waals surface area (Å²) < 4.78 is 20.2. The first-order valence-electron chi connectivity index (χ1n) is 9.54. The molecule has 1 aliphatic heterocycles. The number of aromatic nitrogens is 2. The normalized spacial score (nSPS) is 15.9. The highest BCUT2D eigenvalue weighted by atomic mass is 32.1. The molecule has 0 spiro atoms. The first-order chi connectivity index (χ1) is 14.1. The van der Waals surface area contributed by atoms with E-state index in [1.807, 2.05) is 0 Å². The van der Waals surface area contributed by atoms with Crippen molar-refractivity contribution in [3.63, 3.8) is 0 Å². The summed E-state index contributed by atoms with van der Waals surface area (Å²) in [5.74, 6) is -0.480. The number of aryl methyl sites for hydroxylation is 1. The van der Waals surface area contributed by atoms with E-state index in [2.05, 4.69) is 32.1 Å². The second-order valence-electron chi connectivity index (χ2n) is 6.98. The zero-order valence-corrected chi connectivity index (χ0v) is 17.0. The number of rotatable bonds is 6. The van der Waals surface area contributed by atoms with Crippen LogP contribution in [0.25, 0.3) is 11.3 Å². The maximum Gasteiger partial charge on any atom is 0.269 e. The number of amides is 1. The Balaban J connectivity index is 1.47. The number of nitrogens with zero attached hydrogens (tertiary/aromatic N) is 3. The van der Waals surface area contributed by atoms with Crippen LogP contribution in [0.15, 0.2) is 47.2 Å². The average molecular weight is 415 g/mol. The molecule has 1 saturated heterocycles. The molecule has 0 unspecified atom stereocenters. The molecule has 6 nitrogen and oxygen atoms in total. The third kappa shape index (κ3) is 4.55. The first-order valence-corrected chi connectivity index (χ1v) is 10.5. The van der Waals surface area contributed by atoms with Gasteiger partial charge in [0, 0.05) is 32.2 Å². The molecule has 1 amide bonds. The van der Waals surface area contributed by atoms with Crippen molar-refractivity contribution in [2.75, 3.05) is 32.8 Å². The lowest BCUT2D eigenvalue weighted by atomic mass is 10.1. The second kappa shape index (κ2) is 8.86. The lowest BCUT2D eigenvalue weighted by molar-refractivity contribution is 0.0163. The van der Waals surface area contributed by atoms with Crippen molar-refractivity contribution in [3.05, 3.63) is 64.2 Å². The summed E-state index contributed by atoms with van der Waals surface area (Å²) >= 11 is 1.66. The van der Waals surface area contributed by atoms with Crippen molar-refractivity contribution in [2.24, 2.45) is 7.05 Å². The van der Waals surface area contributed by atoms with Crippen molar-refractivity contribution in [1.29, 1.82) is 0 Å². The molecule has 0 radical (unpaired) electrons. The van der Waals surface area contributed by atoms with Crippen LogP contribution in [0.2, 0.25) is 0 Å². The van der Waals surface area contributed by atoms with Crippen LogP contribution in [0.1, 0.15) is 22.1 Å². The van der Waals surface area contributed by atoms with Gasteiger partial charge in [-0.3, -0.25) is 14.4 Å². The number of thiophene rings is 1. The Kier molecular flexibility index (Phi) is 6.03. The van der Waals surface area contributed by atoms with Crippen LogP contribution in [-0.2, 0) is 11.8 Å². The number of hydrogen-bond acceptors (Lipinski definition) is 5. The summed E-state index contributed by atoms with van der Waals surface area (Å²) in [5.41, 5.74) is 3.08. The quantitative estimate of drug-likeness (QED) is 0.674. The van der Waals surface area contributed by atoms with E-state index in [9.17, 15) is 9.18 Å². The number of carbonyl (C=O) groups is 1. The highest BCUT2D eigenvalue weighted by Crippen LogP contribution is 2.24. The van der Waals surface area contributed by atoms with Crippen LogP contribution in [0.4, 0.5) is 4.39 Å². The van der Waals surface area contributed by atoms with Crippen LogP contribution in [0.5, 0.6) is 0 Å². The van der Waals surface area contributed by atoms with E-state index in [4.69, 9.17) is 4.74 Å². The standard InChI is InChI=1S/C21H23FN4O2S/c1-25-19(12-18(24-25)15-2-4-17(22)5-3-15)21(27)23-13-20(16-6-11-29-14-16)26-7-9-28-10-8-26/h2-6,11-12,14,20H,7-10,13H2,1H3,(H,23,27)/t20-/m0/s1. The first kappa shape index (κ1) is 19.8. The molecule has 1 aromatic carbocycles. The van der Waals surface area contributed by atoms with Crippen molar-refractivity contribution < 1.29 is 13.9 Å². The number of hydrogen-bond donors (Lipinski definition) is 1. The number of halogens is 1. The lowest BCUT2D eigenvalue weighted by Gasteiger charge is -2.34. The second-order valence-corrected chi connectivity index (χ2v) is 7.76. The molecule has 4 rings (SSSR count). The Bertz CT molecular complexity index is 950. The number of morpholine rings is 1. The van der Waals surface area contributed by atoms with E-state index in [0.717, 1.165) is 18.7 Å². The molecule has 0 aliphatic carbocycles. The highest BCUT2D eigenvalue weighted by molar-refractivity contribution is 7.07. The molecule has 1 atom stereocenters. The molecule has 3 aromatic rings. The fourth-order valence-electron chi connectivity index (χ4n) is 3.53. The SMILES string of the molecule is Cn1nc(-c2ccc(F)cc2)cc1C(=O)NC[C@@H](c1ccsc1)N1CCOCC1. The van der Waals surface area contributed by atoms with Gasteiger partial charge in [-0.1, -0.05) is 0 Å². The Hall–Kier alpha value is -2.55. The maximum absolute atomic E-state index is 13.2. The lowest BCUT2D eigenvalue weighted by Crippen LogP contribution is -2.43. The number of carbonyl (C=O) groups excluding carboxylic acids is 1. The van der Waals surface area contributed by atoms with E-state index >= 15 is 0 Å². The van der Waals surface area contributed by atoms with Crippen molar-refractivity contribution in [1.82, 2.24) is 20.0 Å². The van der Waals surface area contributed by atoms with Crippen LogP contribution in [0, 0.1) is 5.82 Å². The molecule has 0 bridgehead atoms. The van der Waals surface area contributed by atoms with Gasteiger partial charge in [0.1, 0.15) is 11.5 Å². The third-order valence-electron chi connectivity index (χ3n) is 5.12. The fourth-order valence-corrected chi connectivity index (χ4v) is 4.24. The minimum Gasteiger partial charge on any atom is -0.379 e. The van der Waals surface area contributed by atoms with Gasteiger partial charge in [0.25, 0.3) is 5.91 Å². The maximum atomic E-state index is 13.2. The summed E-state index contributed by atoms with van der Waals surface area (Å²) in [5, 5.41) is 11.7. The molecule has 1 fully saturated rings. The van der Waals surface area contributed by atoms with Crippen molar-refractivity contribution in [3.8, 4) is 11.3 Å². The molecule has 1 N–H and O–H groups in total. The molecule has 2 aromatic heterocycles. The Labute approximate surface area is 172 Å². The number of benzene rings is 1. The van der Waals surface area contributed by atoms with Crippen LogP contribution < -0.4 is 5.32 Å². The fraction of sp³-hybridized carbons (Fsp3) is 0.333. The zero-order chi connectivity index (χ0) is 20.2. The Morgan fingerprint density at radius 3 is 2.72 bits per heavy atom. The minimum atomic E-state index is -0.301. The molecule has 152 valence electrons. The van der Waals surface area contributed by atoms with Gasteiger partial charge in [0.2, 0.25) is 0 Å².